The van der Waals surface area contributed by atoms with Gasteiger partial charge in [0.05, 0.1) is 23.9 Å². The molecule has 0 N–H and O–H groups in total. The number of fused-ring (bicyclic) bond motifs is 1. The molecule has 0 bridgehead atoms. The maximum absolute atomic E-state index is 13.3. The van der Waals surface area contributed by atoms with Gasteiger partial charge in [-0.1, -0.05) is 6.92 Å². The Morgan fingerprint density at radius 1 is 1.34 bits per heavy atom. The number of aromatic nitrogens is 2. The molecule has 6 nitrogen and oxygen atoms in total. The molecule has 1 amide bonds. The van der Waals surface area contributed by atoms with Crippen LogP contribution in [0.15, 0.2) is 18.6 Å². The number of carbonyl (C=O) groups excluding carboxylic acids is 2. The Labute approximate surface area is 168 Å². The number of carbonyl (C=O) groups is 2. The Balaban J connectivity index is 1.87. The molecule has 158 valence electrons. The topological polar surface area (TPSA) is 63.9 Å². The highest BCUT2D eigenvalue weighted by molar-refractivity contribution is 5.99. The van der Waals surface area contributed by atoms with Gasteiger partial charge in [-0.25, -0.2) is 4.79 Å². The first-order valence-electron chi connectivity index (χ1n) is 9.95. The standard InChI is InChI=1S/C21H27F2N3O3/c1-5-29-19(27)17-14(3)18(26-11-8-24-12-16(17)26)13(2)15-6-9-25(10-7-15)20(28)21(4,22)23/h8,11-13,15H,5-7,9-10H2,1-4H3. The van der Waals surface area contributed by atoms with Crippen LogP contribution in [0.1, 0.15) is 61.1 Å². The van der Waals surface area contributed by atoms with Crippen LogP contribution in [-0.2, 0) is 9.53 Å². The second-order valence-electron chi connectivity index (χ2n) is 7.74. The fraction of sp³-hybridized carbons (Fsp3) is 0.571. The molecule has 1 unspecified atom stereocenters. The minimum Gasteiger partial charge on any atom is -0.462 e. The Kier molecular flexibility index (Phi) is 5.91. The van der Waals surface area contributed by atoms with Gasteiger partial charge in [0.25, 0.3) is 5.91 Å². The van der Waals surface area contributed by atoms with Gasteiger partial charge in [-0.3, -0.25) is 9.78 Å². The van der Waals surface area contributed by atoms with Gasteiger partial charge in [-0.15, -0.1) is 0 Å². The van der Waals surface area contributed by atoms with E-state index in [-0.39, 0.29) is 24.4 Å². The van der Waals surface area contributed by atoms with Crippen molar-refractivity contribution in [3.8, 4) is 0 Å². The van der Waals surface area contributed by atoms with Crippen LogP contribution in [-0.4, -0.2) is 51.8 Å². The molecule has 29 heavy (non-hydrogen) atoms. The van der Waals surface area contributed by atoms with Crippen LogP contribution in [0.5, 0.6) is 0 Å². The molecule has 2 aromatic rings. The zero-order chi connectivity index (χ0) is 21.3. The summed E-state index contributed by atoms with van der Waals surface area (Å²) in [5, 5.41) is 0. The SMILES string of the molecule is CCOC(=O)c1c(C)c(C(C)C2CCN(C(=O)C(C)(F)F)CC2)n2ccncc12. The molecule has 0 spiro atoms. The van der Waals surface area contributed by atoms with Crippen LogP contribution in [0.2, 0.25) is 0 Å². The molecule has 1 aliphatic rings. The molecule has 0 aromatic carbocycles. The third-order valence-electron chi connectivity index (χ3n) is 5.85. The number of esters is 1. The molecule has 0 aliphatic carbocycles. The summed E-state index contributed by atoms with van der Waals surface area (Å²) in [4.78, 5) is 29.8. The van der Waals surface area contributed by atoms with Crippen LogP contribution >= 0.6 is 0 Å². The van der Waals surface area contributed by atoms with Crippen molar-refractivity contribution in [3.63, 3.8) is 0 Å². The molecule has 1 fully saturated rings. The number of alkyl halides is 2. The van der Waals surface area contributed by atoms with Gasteiger partial charge in [0, 0.05) is 38.1 Å². The minimum atomic E-state index is -3.34. The van der Waals surface area contributed by atoms with E-state index in [1.807, 2.05) is 17.5 Å². The number of hydrogen-bond acceptors (Lipinski definition) is 4. The first-order chi connectivity index (χ1) is 13.7. The zero-order valence-corrected chi connectivity index (χ0v) is 17.2. The summed E-state index contributed by atoms with van der Waals surface area (Å²) in [5.41, 5.74) is 3.06. The fourth-order valence-corrected chi connectivity index (χ4v) is 4.38. The van der Waals surface area contributed by atoms with Gasteiger partial charge in [0.1, 0.15) is 0 Å². The second-order valence-corrected chi connectivity index (χ2v) is 7.74. The van der Waals surface area contributed by atoms with Gasteiger partial charge >= 0.3 is 11.9 Å². The number of hydrogen-bond donors (Lipinski definition) is 0. The van der Waals surface area contributed by atoms with E-state index in [0.29, 0.717) is 43.9 Å². The van der Waals surface area contributed by atoms with Crippen molar-refractivity contribution in [2.45, 2.75) is 52.4 Å². The summed E-state index contributed by atoms with van der Waals surface area (Å²) in [7, 11) is 0. The van der Waals surface area contributed by atoms with Crippen molar-refractivity contribution in [2.75, 3.05) is 19.7 Å². The molecule has 0 saturated carbocycles. The predicted molar refractivity (Wildman–Crippen MR) is 104 cm³/mol. The van der Waals surface area contributed by atoms with E-state index in [1.54, 1.807) is 19.3 Å². The third kappa shape index (κ3) is 3.97. The first-order valence-corrected chi connectivity index (χ1v) is 9.95. The summed E-state index contributed by atoms with van der Waals surface area (Å²) in [6, 6.07) is 0. The number of rotatable bonds is 5. The van der Waals surface area contributed by atoms with E-state index in [4.69, 9.17) is 4.74 Å². The number of likely N-dealkylation sites (tertiary alicyclic amines) is 1. The van der Waals surface area contributed by atoms with Crippen LogP contribution in [0.4, 0.5) is 8.78 Å². The number of ether oxygens (including phenoxy) is 1. The van der Waals surface area contributed by atoms with Crippen LogP contribution in [0, 0.1) is 12.8 Å². The highest BCUT2D eigenvalue weighted by Gasteiger charge is 2.39. The lowest BCUT2D eigenvalue weighted by Gasteiger charge is -2.36. The van der Waals surface area contributed by atoms with Crippen LogP contribution < -0.4 is 0 Å². The van der Waals surface area contributed by atoms with E-state index in [9.17, 15) is 18.4 Å². The van der Waals surface area contributed by atoms with Gasteiger partial charge in [-0.2, -0.15) is 8.78 Å². The van der Waals surface area contributed by atoms with Crippen molar-refractivity contribution in [3.05, 3.63) is 35.4 Å². The van der Waals surface area contributed by atoms with Crippen molar-refractivity contribution < 1.29 is 23.1 Å². The Hall–Kier alpha value is -2.51. The van der Waals surface area contributed by atoms with Crippen molar-refractivity contribution in [2.24, 2.45) is 5.92 Å². The Morgan fingerprint density at radius 3 is 2.59 bits per heavy atom. The van der Waals surface area contributed by atoms with E-state index in [0.717, 1.165) is 11.3 Å². The molecular formula is C21H27F2N3O3. The minimum absolute atomic E-state index is 0.0764. The molecule has 3 rings (SSSR count). The summed E-state index contributed by atoms with van der Waals surface area (Å²) < 4.78 is 33.9. The van der Waals surface area contributed by atoms with E-state index in [2.05, 4.69) is 11.9 Å². The molecule has 0 radical (unpaired) electrons. The summed E-state index contributed by atoms with van der Waals surface area (Å²) in [6.07, 6.45) is 6.42. The van der Waals surface area contributed by atoms with Crippen LogP contribution in [0.3, 0.4) is 0 Å². The van der Waals surface area contributed by atoms with E-state index < -0.39 is 11.8 Å². The van der Waals surface area contributed by atoms with E-state index in [1.165, 1.54) is 4.90 Å². The quantitative estimate of drug-likeness (QED) is 0.707. The van der Waals surface area contributed by atoms with Crippen molar-refractivity contribution >= 4 is 17.4 Å². The van der Waals surface area contributed by atoms with Gasteiger partial charge < -0.3 is 14.0 Å². The smallest absolute Gasteiger partial charge is 0.340 e. The first kappa shape index (κ1) is 21.2. The molecule has 1 saturated heterocycles. The third-order valence-corrected chi connectivity index (χ3v) is 5.85. The Bertz CT molecular complexity index is 912. The summed E-state index contributed by atoms with van der Waals surface area (Å²) in [6.45, 7) is 7.31. The average Bonchev–Trinajstić information content (AvgIpc) is 2.98. The largest absolute Gasteiger partial charge is 0.462 e. The molecule has 1 aliphatic heterocycles. The molecule has 1 atom stereocenters. The zero-order valence-electron chi connectivity index (χ0n) is 17.2. The highest BCUT2D eigenvalue weighted by atomic mass is 19.3. The Morgan fingerprint density at radius 2 is 2.00 bits per heavy atom. The van der Waals surface area contributed by atoms with Gasteiger partial charge in [0.2, 0.25) is 0 Å². The lowest BCUT2D eigenvalue weighted by molar-refractivity contribution is -0.156. The second kappa shape index (κ2) is 8.08. The number of nitrogens with zero attached hydrogens (tertiary/aromatic N) is 3. The lowest BCUT2D eigenvalue weighted by Crippen LogP contribution is -2.46. The summed E-state index contributed by atoms with van der Waals surface area (Å²) in [5.74, 6) is -4.53. The predicted octanol–water partition coefficient (Wildman–Crippen LogP) is 3.82. The lowest BCUT2D eigenvalue weighted by atomic mass is 9.82. The van der Waals surface area contributed by atoms with E-state index >= 15 is 0 Å². The van der Waals surface area contributed by atoms with Gasteiger partial charge in [-0.05, 0) is 44.1 Å². The molecule has 3 heterocycles. The number of halogens is 2. The van der Waals surface area contributed by atoms with Gasteiger partial charge in [0.15, 0.2) is 0 Å². The monoisotopic (exact) mass is 407 g/mol. The van der Waals surface area contributed by atoms with Crippen molar-refractivity contribution in [1.82, 2.24) is 14.3 Å². The molecule has 8 heteroatoms. The molecule has 2 aromatic heterocycles. The summed E-state index contributed by atoms with van der Waals surface area (Å²) >= 11 is 0. The fourth-order valence-electron chi connectivity index (χ4n) is 4.38. The number of piperidine rings is 1. The maximum Gasteiger partial charge on any atom is 0.340 e. The van der Waals surface area contributed by atoms with Crippen molar-refractivity contribution in [1.29, 1.82) is 0 Å². The maximum atomic E-state index is 13.3. The normalized spacial score (nSPS) is 16.8. The number of amides is 1. The average molecular weight is 407 g/mol. The highest BCUT2D eigenvalue weighted by Crippen LogP contribution is 2.37. The van der Waals surface area contributed by atoms with Crippen LogP contribution in [0.25, 0.3) is 5.52 Å². The molecular weight excluding hydrogens is 380 g/mol.